The summed E-state index contributed by atoms with van der Waals surface area (Å²) in [6, 6.07) is 3.06. The predicted molar refractivity (Wildman–Crippen MR) is 84.8 cm³/mol. The lowest BCUT2D eigenvalue weighted by molar-refractivity contribution is 0.255. The molecule has 1 fully saturated rings. The molecule has 0 radical (unpaired) electrons. The van der Waals surface area contributed by atoms with Gasteiger partial charge in [-0.05, 0) is 6.07 Å². The van der Waals surface area contributed by atoms with Crippen LogP contribution in [0.4, 0.5) is 16.2 Å². The molecule has 0 bridgehead atoms. The molecule has 1 aliphatic rings. The van der Waals surface area contributed by atoms with Crippen LogP contribution in [0.15, 0.2) is 12.1 Å². The number of aliphatic hydroxyl groups is 1. The van der Waals surface area contributed by atoms with Crippen molar-refractivity contribution >= 4 is 22.7 Å². The summed E-state index contributed by atoms with van der Waals surface area (Å²) in [4.78, 5) is 10.4. The number of aliphatic hydroxyl groups excluding tert-OH is 1. The van der Waals surface area contributed by atoms with Gasteiger partial charge in [-0.1, -0.05) is 0 Å². The second kappa shape index (κ2) is 6.04. The Morgan fingerprint density at radius 3 is 2.65 bits per heavy atom. The number of benzene rings is 1. The summed E-state index contributed by atoms with van der Waals surface area (Å²) in [6.07, 6.45) is -0.762. The number of aromatic nitrogens is 2. The van der Waals surface area contributed by atoms with Gasteiger partial charge in [0.05, 0.1) is 38.9 Å². The van der Waals surface area contributed by atoms with Crippen LogP contribution in [0, 0.1) is 0 Å². The number of nitrogen functional groups attached to an aromatic ring is 1. The minimum atomic E-state index is -1.02. The van der Waals surface area contributed by atoms with E-state index in [2.05, 4.69) is 9.97 Å². The fourth-order valence-electron chi connectivity index (χ4n) is 2.87. The third kappa shape index (κ3) is 2.70. The van der Waals surface area contributed by atoms with Crippen molar-refractivity contribution in [1.29, 1.82) is 0 Å². The molecular weight excluding hydrogens is 303 g/mol. The maximum Gasteiger partial charge on any atom is 0.228 e. The first-order valence-electron chi connectivity index (χ1n) is 7.28. The van der Waals surface area contributed by atoms with E-state index in [1.54, 1.807) is 17.0 Å². The van der Waals surface area contributed by atoms with Crippen LogP contribution in [-0.2, 0) is 0 Å². The minimum absolute atomic E-state index is 0.142. The molecule has 124 valence electrons. The first-order valence-corrected chi connectivity index (χ1v) is 7.28. The van der Waals surface area contributed by atoms with Crippen LogP contribution in [0.2, 0.25) is 0 Å². The largest absolute Gasteiger partial charge is 0.493 e. The lowest BCUT2D eigenvalue weighted by Gasteiger charge is -2.23. The highest BCUT2D eigenvalue weighted by Gasteiger charge is 2.33. The molecule has 0 amide bonds. The van der Waals surface area contributed by atoms with Gasteiger partial charge in [-0.25, -0.2) is 9.37 Å². The average molecular weight is 322 g/mol. The maximum atomic E-state index is 13.7. The Morgan fingerprint density at radius 1 is 1.30 bits per heavy atom. The number of halogens is 1. The fourth-order valence-corrected chi connectivity index (χ4v) is 2.87. The molecule has 2 aromatic rings. The molecule has 23 heavy (non-hydrogen) atoms. The Labute approximate surface area is 132 Å². The molecule has 1 aromatic heterocycles. The lowest BCUT2D eigenvalue weighted by atomic mass is 10.2. The zero-order chi connectivity index (χ0) is 16.6. The number of anilines is 2. The lowest BCUT2D eigenvalue weighted by Crippen LogP contribution is -2.33. The van der Waals surface area contributed by atoms with Crippen molar-refractivity contribution < 1.29 is 19.0 Å². The third-order valence-electron chi connectivity index (χ3n) is 4.05. The molecule has 2 heterocycles. The molecule has 1 aromatic carbocycles. The first-order chi connectivity index (χ1) is 11.1. The normalized spacial score (nSPS) is 21.0. The molecule has 1 aliphatic heterocycles. The van der Waals surface area contributed by atoms with Crippen LogP contribution in [0.3, 0.4) is 0 Å². The van der Waals surface area contributed by atoms with E-state index < -0.39 is 6.17 Å². The molecule has 8 heteroatoms. The monoisotopic (exact) mass is 322 g/mol. The highest BCUT2D eigenvalue weighted by Crippen LogP contribution is 2.35. The van der Waals surface area contributed by atoms with Crippen LogP contribution in [-0.4, -0.2) is 54.7 Å². The zero-order valence-corrected chi connectivity index (χ0v) is 13.0. The topological polar surface area (TPSA) is 93.7 Å². The molecule has 0 spiro atoms. The Bertz CT molecular complexity index is 727. The van der Waals surface area contributed by atoms with E-state index in [9.17, 15) is 9.50 Å². The molecule has 0 saturated carbocycles. The molecule has 7 nitrogen and oxygen atoms in total. The minimum Gasteiger partial charge on any atom is -0.493 e. The van der Waals surface area contributed by atoms with Gasteiger partial charge in [-0.15, -0.1) is 0 Å². The summed E-state index contributed by atoms with van der Waals surface area (Å²) in [5.74, 6) is 1.63. The Balaban J connectivity index is 2.10. The van der Waals surface area contributed by atoms with Crippen LogP contribution >= 0.6 is 0 Å². The van der Waals surface area contributed by atoms with Gasteiger partial charge in [0, 0.05) is 17.9 Å². The average Bonchev–Trinajstić information content (AvgIpc) is 2.94. The summed E-state index contributed by atoms with van der Waals surface area (Å²) in [6.45, 7) is -0.0167. The summed E-state index contributed by atoms with van der Waals surface area (Å²) >= 11 is 0. The van der Waals surface area contributed by atoms with Gasteiger partial charge in [0.1, 0.15) is 12.0 Å². The SMILES string of the molecule is COc1cc2nc(N3C[C@@H](F)C[C@H]3CO)nc(N)c2cc1OC. The molecule has 3 rings (SSSR count). The number of alkyl halides is 1. The maximum absolute atomic E-state index is 13.7. The molecule has 0 aliphatic carbocycles. The number of ether oxygens (including phenoxy) is 2. The van der Waals surface area contributed by atoms with Crippen LogP contribution in [0.25, 0.3) is 10.9 Å². The Morgan fingerprint density at radius 2 is 2.00 bits per heavy atom. The van der Waals surface area contributed by atoms with E-state index in [4.69, 9.17) is 15.2 Å². The number of nitrogens with zero attached hydrogens (tertiary/aromatic N) is 3. The van der Waals surface area contributed by atoms with Crippen molar-refractivity contribution in [3.63, 3.8) is 0 Å². The standard InChI is InChI=1S/C15H19FN4O3/c1-22-12-4-10-11(5-13(12)23-2)18-15(19-14(10)17)20-6-8(16)3-9(20)7-21/h4-5,8-9,21H,3,6-7H2,1-2H3,(H2,17,18,19)/t8-,9-/m0/s1. The van der Waals surface area contributed by atoms with Crippen molar-refractivity contribution in [1.82, 2.24) is 9.97 Å². The van der Waals surface area contributed by atoms with Gasteiger partial charge in [0.25, 0.3) is 0 Å². The number of nitrogens with two attached hydrogens (primary N) is 1. The number of fused-ring (bicyclic) bond motifs is 1. The first kappa shape index (κ1) is 15.5. The number of methoxy groups -OCH3 is 2. The number of rotatable bonds is 4. The van der Waals surface area contributed by atoms with Crippen LogP contribution in [0.1, 0.15) is 6.42 Å². The molecule has 2 atom stereocenters. The number of hydrogen-bond acceptors (Lipinski definition) is 7. The van der Waals surface area contributed by atoms with Gasteiger partial charge >= 0.3 is 0 Å². The second-order valence-corrected chi connectivity index (χ2v) is 5.45. The van der Waals surface area contributed by atoms with Gasteiger partial charge in [-0.3, -0.25) is 0 Å². The highest BCUT2D eigenvalue weighted by atomic mass is 19.1. The highest BCUT2D eigenvalue weighted by molar-refractivity contribution is 5.91. The quantitative estimate of drug-likeness (QED) is 0.871. The van der Waals surface area contributed by atoms with Crippen molar-refractivity contribution in [3.8, 4) is 11.5 Å². The Kier molecular flexibility index (Phi) is 4.08. The van der Waals surface area contributed by atoms with Crippen LogP contribution in [0.5, 0.6) is 11.5 Å². The van der Waals surface area contributed by atoms with E-state index in [1.807, 2.05) is 0 Å². The molecule has 1 saturated heterocycles. The van der Waals surface area contributed by atoms with E-state index in [-0.39, 0.29) is 31.4 Å². The van der Waals surface area contributed by atoms with Gasteiger partial charge in [0.15, 0.2) is 11.5 Å². The smallest absolute Gasteiger partial charge is 0.228 e. The van der Waals surface area contributed by atoms with E-state index in [0.29, 0.717) is 28.4 Å². The van der Waals surface area contributed by atoms with Gasteiger partial charge < -0.3 is 25.2 Å². The van der Waals surface area contributed by atoms with Crippen molar-refractivity contribution in [2.24, 2.45) is 0 Å². The van der Waals surface area contributed by atoms with Gasteiger partial charge in [-0.2, -0.15) is 4.98 Å². The van der Waals surface area contributed by atoms with Crippen molar-refractivity contribution in [2.45, 2.75) is 18.6 Å². The zero-order valence-electron chi connectivity index (χ0n) is 13.0. The van der Waals surface area contributed by atoms with Crippen molar-refractivity contribution in [2.75, 3.05) is 38.0 Å². The van der Waals surface area contributed by atoms with Crippen molar-refractivity contribution in [3.05, 3.63) is 12.1 Å². The molecular formula is C15H19FN4O3. The summed E-state index contributed by atoms with van der Waals surface area (Å²) in [5.41, 5.74) is 6.60. The summed E-state index contributed by atoms with van der Waals surface area (Å²) in [7, 11) is 3.07. The van der Waals surface area contributed by atoms with Crippen LogP contribution < -0.4 is 20.1 Å². The molecule has 0 unspecified atom stereocenters. The van der Waals surface area contributed by atoms with E-state index in [0.717, 1.165) is 0 Å². The number of hydrogen-bond donors (Lipinski definition) is 2. The van der Waals surface area contributed by atoms with Gasteiger partial charge in [0.2, 0.25) is 5.95 Å². The van der Waals surface area contributed by atoms with E-state index >= 15 is 0 Å². The van der Waals surface area contributed by atoms with E-state index in [1.165, 1.54) is 14.2 Å². The fraction of sp³-hybridized carbons (Fsp3) is 0.467. The second-order valence-electron chi connectivity index (χ2n) is 5.45. The predicted octanol–water partition coefficient (Wildman–Crippen LogP) is 1.14. The summed E-state index contributed by atoms with van der Waals surface area (Å²) in [5, 5.41) is 10.0. The third-order valence-corrected chi connectivity index (χ3v) is 4.05. The summed E-state index contributed by atoms with van der Waals surface area (Å²) < 4.78 is 24.2. The molecule has 3 N–H and O–H groups in total. The Hall–Kier alpha value is -2.35.